The average Bonchev–Trinajstić information content (AvgIpc) is 2.90. The topological polar surface area (TPSA) is 102 Å². The number of hydrogen-bond donors (Lipinski definition) is 2. The summed E-state index contributed by atoms with van der Waals surface area (Å²) in [4.78, 5) is 21.4. The van der Waals surface area contributed by atoms with Crippen LogP contribution in [0, 0.1) is 0 Å². The van der Waals surface area contributed by atoms with Crippen LogP contribution in [-0.2, 0) is 23.1 Å². The molecule has 0 saturated carbocycles. The number of nitrogens with zero attached hydrogens (tertiary/aromatic N) is 1. The van der Waals surface area contributed by atoms with Gasteiger partial charge in [-0.2, -0.15) is 0 Å². The Bertz CT molecular complexity index is 843. The minimum Gasteiger partial charge on any atom is -0.463 e. The maximum Gasteiger partial charge on any atom is 0.472 e. The van der Waals surface area contributed by atoms with Crippen LogP contribution in [-0.4, -0.2) is 74.1 Å². The summed E-state index contributed by atoms with van der Waals surface area (Å²) in [6, 6.07) is 0. The van der Waals surface area contributed by atoms with Crippen LogP contribution in [0.1, 0.15) is 84.0 Å². The first-order chi connectivity index (χ1) is 19.6. The molecule has 236 valence electrons. The van der Waals surface area contributed by atoms with Gasteiger partial charge < -0.3 is 19.2 Å². The maximum absolute atomic E-state index is 11.8. The predicted octanol–water partition coefficient (Wildman–Crippen LogP) is 7.21. The largest absolute Gasteiger partial charge is 0.472 e. The van der Waals surface area contributed by atoms with Gasteiger partial charge in [0.05, 0.1) is 34.2 Å². The summed E-state index contributed by atoms with van der Waals surface area (Å²) in [5, 5.41) is 9.83. The number of quaternary nitrogens is 1. The SMILES string of the molecule is CCCCCCCCC=CCC=CCC=CCC=CCC=CCC(=O)OC[C@@H](O)COP(=O)(O)OCC[N+](C)(C)C. The van der Waals surface area contributed by atoms with Crippen molar-refractivity contribution in [3.05, 3.63) is 60.8 Å². The minimum absolute atomic E-state index is 0.0376. The second-order valence-electron chi connectivity index (χ2n) is 11.0. The van der Waals surface area contributed by atoms with E-state index in [0.717, 1.165) is 19.3 Å². The van der Waals surface area contributed by atoms with Crippen molar-refractivity contribution in [2.75, 3.05) is 47.5 Å². The molecule has 9 heteroatoms. The molecule has 0 rings (SSSR count). The van der Waals surface area contributed by atoms with Gasteiger partial charge in [0.2, 0.25) is 0 Å². The molecule has 8 nitrogen and oxygen atoms in total. The second-order valence-corrected chi connectivity index (χ2v) is 12.5. The molecule has 0 saturated heterocycles. The van der Waals surface area contributed by atoms with Gasteiger partial charge >= 0.3 is 13.8 Å². The number of unbranched alkanes of at least 4 members (excludes halogenated alkanes) is 6. The number of allylic oxidation sites excluding steroid dienone is 9. The Morgan fingerprint density at radius 1 is 0.756 bits per heavy atom. The minimum atomic E-state index is -4.27. The van der Waals surface area contributed by atoms with Crippen molar-refractivity contribution in [3.63, 3.8) is 0 Å². The highest BCUT2D eigenvalue weighted by atomic mass is 31.2. The Hall–Kier alpha value is -1.80. The van der Waals surface area contributed by atoms with E-state index in [2.05, 4.69) is 49.5 Å². The molecule has 0 aliphatic carbocycles. The van der Waals surface area contributed by atoms with Crippen molar-refractivity contribution < 1.29 is 37.6 Å². The molecule has 0 aliphatic rings. The highest BCUT2D eigenvalue weighted by Crippen LogP contribution is 2.43. The van der Waals surface area contributed by atoms with Gasteiger partial charge in [-0.25, -0.2) is 4.57 Å². The number of aliphatic hydroxyl groups excluding tert-OH is 1. The molecule has 2 atom stereocenters. The highest BCUT2D eigenvalue weighted by Gasteiger charge is 2.24. The van der Waals surface area contributed by atoms with Crippen molar-refractivity contribution in [1.82, 2.24) is 0 Å². The number of rotatable bonds is 26. The maximum atomic E-state index is 11.8. The molecular formula is C32H57NO7P+. The van der Waals surface area contributed by atoms with E-state index in [9.17, 15) is 19.4 Å². The Labute approximate surface area is 249 Å². The summed E-state index contributed by atoms with van der Waals surface area (Å²) in [5.74, 6) is -0.500. The molecule has 41 heavy (non-hydrogen) atoms. The molecule has 1 unspecified atom stereocenters. The summed E-state index contributed by atoms with van der Waals surface area (Å²) in [6.45, 7) is 2.00. The van der Waals surface area contributed by atoms with E-state index in [-0.39, 0.29) is 19.6 Å². The molecule has 0 spiro atoms. The van der Waals surface area contributed by atoms with Gasteiger partial charge in [0.15, 0.2) is 0 Å². The molecular weight excluding hydrogens is 541 g/mol. The fraction of sp³-hybridized carbons (Fsp3) is 0.656. The number of aliphatic hydroxyl groups is 1. The number of hydrogen-bond acceptors (Lipinski definition) is 6. The van der Waals surface area contributed by atoms with Crippen LogP contribution >= 0.6 is 7.82 Å². The second kappa shape index (κ2) is 25.9. The Balaban J connectivity index is 3.77. The fourth-order valence-corrected chi connectivity index (χ4v) is 4.12. The summed E-state index contributed by atoms with van der Waals surface area (Å²) in [6.07, 6.45) is 32.6. The van der Waals surface area contributed by atoms with Crippen LogP contribution in [0.15, 0.2) is 60.8 Å². The molecule has 0 aromatic rings. The van der Waals surface area contributed by atoms with Gasteiger partial charge in [-0.15, -0.1) is 0 Å². The number of esters is 1. The quantitative estimate of drug-likeness (QED) is 0.0357. The van der Waals surface area contributed by atoms with Crippen LogP contribution in [0.3, 0.4) is 0 Å². The molecule has 0 aromatic heterocycles. The number of likely N-dealkylation sites (N-methyl/N-ethyl adjacent to an activating group) is 1. The number of phosphoric ester groups is 1. The highest BCUT2D eigenvalue weighted by molar-refractivity contribution is 7.47. The summed E-state index contributed by atoms with van der Waals surface area (Å²) in [5.41, 5.74) is 0. The van der Waals surface area contributed by atoms with Crippen molar-refractivity contribution in [1.29, 1.82) is 0 Å². The molecule has 0 radical (unpaired) electrons. The van der Waals surface area contributed by atoms with Crippen molar-refractivity contribution in [2.45, 2.75) is 90.1 Å². The number of ether oxygens (including phenoxy) is 1. The summed E-state index contributed by atoms with van der Waals surface area (Å²) < 4.78 is 27.0. The zero-order valence-electron chi connectivity index (χ0n) is 26.0. The van der Waals surface area contributed by atoms with E-state index >= 15 is 0 Å². The van der Waals surface area contributed by atoms with E-state index in [4.69, 9.17) is 13.8 Å². The normalized spacial score (nSPS) is 15.2. The van der Waals surface area contributed by atoms with E-state index in [1.54, 1.807) is 6.08 Å². The Morgan fingerprint density at radius 2 is 1.27 bits per heavy atom. The lowest BCUT2D eigenvalue weighted by molar-refractivity contribution is -0.870. The molecule has 0 fully saturated rings. The fourth-order valence-electron chi connectivity index (χ4n) is 3.37. The van der Waals surface area contributed by atoms with E-state index in [1.807, 2.05) is 33.3 Å². The van der Waals surface area contributed by atoms with E-state index < -0.39 is 26.5 Å². The first-order valence-electron chi connectivity index (χ1n) is 15.1. The predicted molar refractivity (Wildman–Crippen MR) is 168 cm³/mol. The van der Waals surface area contributed by atoms with Crippen LogP contribution in [0.5, 0.6) is 0 Å². The molecule has 0 aromatic carbocycles. The number of carbonyl (C=O) groups is 1. The lowest BCUT2D eigenvalue weighted by Crippen LogP contribution is -2.37. The molecule has 0 amide bonds. The van der Waals surface area contributed by atoms with Crippen LogP contribution < -0.4 is 0 Å². The van der Waals surface area contributed by atoms with Crippen LogP contribution in [0.2, 0.25) is 0 Å². The summed E-state index contributed by atoms with van der Waals surface area (Å²) in [7, 11) is 1.50. The standard InChI is InChI=1S/C32H56NO7P/c1-5-6-7-8-9-10-11-12-13-14-15-16-17-18-19-20-21-22-23-24-25-26-32(35)38-29-31(34)30-40-41(36,37)39-28-27-33(2,3)4/h12-13,15-16,18-19,21-22,24-25,31,34H,5-11,14,17,20,23,26-30H2,1-4H3/p+1/t31-/m1/s1. The monoisotopic (exact) mass is 598 g/mol. The number of phosphoric acid groups is 1. The molecule has 0 bridgehead atoms. The van der Waals surface area contributed by atoms with Gasteiger partial charge in [0.25, 0.3) is 0 Å². The summed E-state index contributed by atoms with van der Waals surface area (Å²) >= 11 is 0. The van der Waals surface area contributed by atoms with Crippen molar-refractivity contribution in [2.24, 2.45) is 0 Å². The number of carbonyl (C=O) groups excluding carboxylic acids is 1. The van der Waals surface area contributed by atoms with Gasteiger partial charge in [-0.3, -0.25) is 13.8 Å². The Kier molecular flexibility index (Phi) is 24.7. The smallest absolute Gasteiger partial charge is 0.463 e. The van der Waals surface area contributed by atoms with Crippen LogP contribution in [0.25, 0.3) is 0 Å². The first kappa shape index (κ1) is 39.2. The average molecular weight is 599 g/mol. The van der Waals surface area contributed by atoms with Gasteiger partial charge in [-0.05, 0) is 38.5 Å². The zero-order valence-corrected chi connectivity index (χ0v) is 26.9. The third kappa shape index (κ3) is 31.0. The first-order valence-corrected chi connectivity index (χ1v) is 16.6. The van der Waals surface area contributed by atoms with Crippen LogP contribution in [0.4, 0.5) is 0 Å². The van der Waals surface area contributed by atoms with Crippen molar-refractivity contribution in [3.8, 4) is 0 Å². The third-order valence-electron chi connectivity index (χ3n) is 5.81. The Morgan fingerprint density at radius 3 is 1.83 bits per heavy atom. The lowest BCUT2D eigenvalue weighted by Gasteiger charge is -2.24. The van der Waals surface area contributed by atoms with Gasteiger partial charge in [0.1, 0.15) is 25.9 Å². The van der Waals surface area contributed by atoms with Gasteiger partial charge in [0, 0.05) is 0 Å². The van der Waals surface area contributed by atoms with E-state index in [1.165, 1.54) is 44.9 Å². The molecule has 2 N–H and O–H groups in total. The molecule has 0 aliphatic heterocycles. The van der Waals surface area contributed by atoms with E-state index in [0.29, 0.717) is 17.4 Å². The zero-order chi connectivity index (χ0) is 30.7. The lowest BCUT2D eigenvalue weighted by atomic mass is 10.1. The molecule has 0 heterocycles. The van der Waals surface area contributed by atoms with Crippen molar-refractivity contribution >= 4 is 13.8 Å². The third-order valence-corrected chi connectivity index (χ3v) is 6.80. The van der Waals surface area contributed by atoms with Gasteiger partial charge in [-0.1, -0.05) is 99.8 Å².